The van der Waals surface area contributed by atoms with Crippen molar-refractivity contribution in [2.75, 3.05) is 11.9 Å². The van der Waals surface area contributed by atoms with E-state index in [0.29, 0.717) is 6.04 Å². The molecule has 0 saturated carbocycles. The molecular formula is C16H24N2O2. The monoisotopic (exact) mass is 276 g/mol. The Kier molecular flexibility index (Phi) is 5.01. The zero-order valence-corrected chi connectivity index (χ0v) is 12.5. The van der Waals surface area contributed by atoms with Gasteiger partial charge >= 0.3 is 0 Å². The van der Waals surface area contributed by atoms with Crippen LogP contribution in [0.2, 0.25) is 0 Å². The van der Waals surface area contributed by atoms with Gasteiger partial charge in [-0.25, -0.2) is 0 Å². The van der Waals surface area contributed by atoms with Gasteiger partial charge in [0.2, 0.25) is 0 Å². The maximum atomic E-state index is 11.4. The van der Waals surface area contributed by atoms with Crippen molar-refractivity contribution in [2.24, 2.45) is 0 Å². The topological polar surface area (TPSA) is 50.4 Å². The second kappa shape index (κ2) is 6.75. The van der Waals surface area contributed by atoms with Crippen molar-refractivity contribution < 1.29 is 9.53 Å². The second-order valence-corrected chi connectivity index (χ2v) is 5.37. The van der Waals surface area contributed by atoms with Crippen molar-refractivity contribution in [3.63, 3.8) is 0 Å². The third kappa shape index (κ3) is 3.51. The van der Waals surface area contributed by atoms with E-state index in [-0.39, 0.29) is 18.6 Å². The molecule has 1 aromatic carbocycles. The van der Waals surface area contributed by atoms with E-state index in [2.05, 4.69) is 37.5 Å². The van der Waals surface area contributed by atoms with Crippen LogP contribution in [-0.2, 0) is 4.79 Å². The van der Waals surface area contributed by atoms with E-state index in [9.17, 15) is 4.79 Å². The summed E-state index contributed by atoms with van der Waals surface area (Å²) >= 11 is 0. The lowest BCUT2D eigenvalue weighted by molar-refractivity contribution is -0.118. The number of carbonyl (C=O) groups excluding carboxylic acids is 1. The van der Waals surface area contributed by atoms with Crippen molar-refractivity contribution in [3.8, 4) is 5.75 Å². The van der Waals surface area contributed by atoms with Crippen LogP contribution in [-0.4, -0.2) is 18.6 Å². The average Bonchev–Trinajstić information content (AvgIpc) is 2.45. The minimum absolute atomic E-state index is 0.0901. The van der Waals surface area contributed by atoms with Crippen LogP contribution in [0.1, 0.15) is 51.6 Å². The van der Waals surface area contributed by atoms with Crippen molar-refractivity contribution >= 4 is 11.6 Å². The molecule has 1 aliphatic rings. The third-order valence-electron chi connectivity index (χ3n) is 3.75. The van der Waals surface area contributed by atoms with Crippen LogP contribution in [0.3, 0.4) is 0 Å². The number of rotatable bonds is 6. The minimum atomic E-state index is -0.0901. The molecule has 0 aliphatic carbocycles. The Morgan fingerprint density at radius 3 is 2.90 bits per heavy atom. The van der Waals surface area contributed by atoms with Crippen molar-refractivity contribution in [1.82, 2.24) is 5.32 Å². The fourth-order valence-electron chi connectivity index (χ4n) is 2.57. The molecule has 4 heteroatoms. The summed E-state index contributed by atoms with van der Waals surface area (Å²) in [6.45, 7) is 6.68. The molecule has 1 heterocycles. The maximum Gasteiger partial charge on any atom is 0.262 e. The van der Waals surface area contributed by atoms with Gasteiger partial charge in [0, 0.05) is 12.1 Å². The van der Waals surface area contributed by atoms with Crippen LogP contribution >= 0.6 is 0 Å². The fraction of sp³-hybridized carbons (Fsp3) is 0.562. The van der Waals surface area contributed by atoms with Crippen LogP contribution < -0.4 is 15.4 Å². The minimum Gasteiger partial charge on any atom is -0.482 e. The fourth-order valence-corrected chi connectivity index (χ4v) is 2.57. The Morgan fingerprint density at radius 1 is 1.40 bits per heavy atom. The third-order valence-corrected chi connectivity index (χ3v) is 3.75. The summed E-state index contributed by atoms with van der Waals surface area (Å²) < 4.78 is 5.38. The molecule has 1 amide bonds. The summed E-state index contributed by atoms with van der Waals surface area (Å²) in [6.07, 6.45) is 3.50. The van der Waals surface area contributed by atoms with E-state index in [1.54, 1.807) is 0 Å². The molecule has 2 rings (SSSR count). The first kappa shape index (κ1) is 14.9. The summed E-state index contributed by atoms with van der Waals surface area (Å²) in [5, 5.41) is 6.50. The Balaban J connectivity index is 2.08. The van der Waals surface area contributed by atoms with Gasteiger partial charge in [0.25, 0.3) is 5.91 Å². The highest BCUT2D eigenvalue weighted by molar-refractivity contribution is 5.95. The Bertz CT molecular complexity index is 474. The lowest BCUT2D eigenvalue weighted by Crippen LogP contribution is -2.31. The molecule has 2 unspecified atom stereocenters. The molecule has 110 valence electrons. The molecule has 2 atom stereocenters. The molecule has 0 spiro atoms. The smallest absolute Gasteiger partial charge is 0.262 e. The quantitative estimate of drug-likeness (QED) is 0.838. The summed E-state index contributed by atoms with van der Waals surface area (Å²) in [5.41, 5.74) is 1.94. The van der Waals surface area contributed by atoms with Crippen LogP contribution in [0.25, 0.3) is 0 Å². The van der Waals surface area contributed by atoms with Gasteiger partial charge in [0.15, 0.2) is 6.61 Å². The molecule has 0 bridgehead atoms. The van der Waals surface area contributed by atoms with Gasteiger partial charge in [-0.15, -0.1) is 0 Å². The lowest BCUT2D eigenvalue weighted by atomic mass is 10.0. The normalized spacial score (nSPS) is 16.9. The van der Waals surface area contributed by atoms with Gasteiger partial charge in [0.05, 0.1) is 5.69 Å². The van der Waals surface area contributed by atoms with E-state index in [0.717, 1.165) is 17.9 Å². The van der Waals surface area contributed by atoms with Gasteiger partial charge in [-0.3, -0.25) is 4.79 Å². The van der Waals surface area contributed by atoms with E-state index >= 15 is 0 Å². The van der Waals surface area contributed by atoms with Crippen LogP contribution in [0.5, 0.6) is 5.75 Å². The van der Waals surface area contributed by atoms with Crippen LogP contribution in [0.4, 0.5) is 5.69 Å². The lowest BCUT2D eigenvalue weighted by Gasteiger charge is -2.24. The number of carbonyl (C=O) groups is 1. The van der Waals surface area contributed by atoms with Gasteiger partial charge in [-0.1, -0.05) is 26.3 Å². The highest BCUT2D eigenvalue weighted by atomic mass is 16.5. The summed E-state index contributed by atoms with van der Waals surface area (Å²) in [7, 11) is 0. The Hall–Kier alpha value is -1.55. The number of fused-ring (bicyclic) bond motifs is 1. The van der Waals surface area contributed by atoms with Gasteiger partial charge in [0.1, 0.15) is 5.75 Å². The summed E-state index contributed by atoms with van der Waals surface area (Å²) in [4.78, 5) is 11.4. The van der Waals surface area contributed by atoms with E-state index < -0.39 is 0 Å². The number of hydrogen-bond acceptors (Lipinski definition) is 3. The van der Waals surface area contributed by atoms with Crippen molar-refractivity contribution in [2.45, 2.75) is 52.1 Å². The van der Waals surface area contributed by atoms with Gasteiger partial charge in [-0.05, 0) is 37.5 Å². The molecule has 0 fully saturated rings. The molecule has 0 aromatic heterocycles. The summed E-state index contributed by atoms with van der Waals surface area (Å²) in [6, 6.07) is 6.80. The average molecular weight is 276 g/mol. The van der Waals surface area contributed by atoms with Crippen LogP contribution in [0.15, 0.2) is 18.2 Å². The Morgan fingerprint density at radius 2 is 2.20 bits per heavy atom. The van der Waals surface area contributed by atoms with E-state index in [4.69, 9.17) is 4.74 Å². The largest absolute Gasteiger partial charge is 0.482 e. The number of ether oxygens (including phenoxy) is 1. The molecule has 0 saturated heterocycles. The molecule has 20 heavy (non-hydrogen) atoms. The van der Waals surface area contributed by atoms with Crippen molar-refractivity contribution in [3.05, 3.63) is 23.8 Å². The SMILES string of the molecule is CCCC(CC)NC(C)c1ccc2c(c1)NC(=O)CO2. The molecule has 1 aliphatic heterocycles. The first-order valence-electron chi connectivity index (χ1n) is 7.46. The maximum absolute atomic E-state index is 11.4. The second-order valence-electron chi connectivity index (χ2n) is 5.37. The zero-order valence-electron chi connectivity index (χ0n) is 12.5. The van der Waals surface area contributed by atoms with E-state index in [1.165, 1.54) is 18.4 Å². The highest BCUT2D eigenvalue weighted by Gasteiger charge is 2.18. The molecule has 2 N–H and O–H groups in total. The molecular weight excluding hydrogens is 252 g/mol. The summed E-state index contributed by atoms with van der Waals surface area (Å²) in [5.74, 6) is 0.661. The van der Waals surface area contributed by atoms with Gasteiger partial charge in [-0.2, -0.15) is 0 Å². The zero-order chi connectivity index (χ0) is 14.5. The first-order chi connectivity index (χ1) is 9.63. The number of amides is 1. The molecule has 0 radical (unpaired) electrons. The van der Waals surface area contributed by atoms with Crippen LogP contribution in [0, 0.1) is 0 Å². The molecule has 4 nitrogen and oxygen atoms in total. The highest BCUT2D eigenvalue weighted by Crippen LogP contribution is 2.30. The number of benzene rings is 1. The Labute approximate surface area is 120 Å². The predicted octanol–water partition coefficient (Wildman–Crippen LogP) is 3.25. The number of nitrogens with one attached hydrogen (secondary N) is 2. The van der Waals surface area contributed by atoms with E-state index in [1.807, 2.05) is 12.1 Å². The standard InChI is InChI=1S/C16H24N2O2/c1-4-6-13(5-2)17-11(3)12-7-8-15-14(9-12)18-16(19)10-20-15/h7-9,11,13,17H,4-6,10H2,1-3H3,(H,18,19). The van der Waals surface area contributed by atoms with Crippen molar-refractivity contribution in [1.29, 1.82) is 0 Å². The number of hydrogen-bond donors (Lipinski definition) is 2. The number of anilines is 1. The predicted molar refractivity (Wildman–Crippen MR) is 81.1 cm³/mol. The first-order valence-corrected chi connectivity index (χ1v) is 7.46. The molecule has 1 aromatic rings. The van der Waals surface area contributed by atoms with Gasteiger partial charge < -0.3 is 15.4 Å².